The van der Waals surface area contributed by atoms with Gasteiger partial charge in [0.15, 0.2) is 5.78 Å². The maximum absolute atomic E-state index is 13.7. The second-order valence-electron chi connectivity index (χ2n) is 9.79. The minimum atomic E-state index is -0.650. The molecule has 0 saturated carbocycles. The van der Waals surface area contributed by atoms with Crippen LogP contribution in [0.25, 0.3) is 0 Å². The summed E-state index contributed by atoms with van der Waals surface area (Å²) in [5.74, 6) is -0.965. The largest absolute Gasteiger partial charge is 0.487 e. The van der Waals surface area contributed by atoms with Crippen LogP contribution in [0.5, 0.6) is 5.75 Å². The minimum absolute atomic E-state index is 0.0375. The third-order valence-electron chi connectivity index (χ3n) is 7.31. The summed E-state index contributed by atoms with van der Waals surface area (Å²) in [4.78, 5) is 15.2. The van der Waals surface area contributed by atoms with E-state index in [1.54, 1.807) is 17.0 Å². The predicted molar refractivity (Wildman–Crippen MR) is 146 cm³/mol. The van der Waals surface area contributed by atoms with Gasteiger partial charge >= 0.3 is 0 Å². The quantitative estimate of drug-likeness (QED) is 0.369. The molecule has 0 saturated heterocycles. The van der Waals surface area contributed by atoms with Crippen LogP contribution < -0.4 is 15.4 Å². The van der Waals surface area contributed by atoms with Crippen molar-refractivity contribution in [3.8, 4) is 11.8 Å². The Morgan fingerprint density at radius 3 is 2.46 bits per heavy atom. The van der Waals surface area contributed by atoms with Gasteiger partial charge in [0.2, 0.25) is 0 Å². The zero-order chi connectivity index (χ0) is 27.8. The van der Waals surface area contributed by atoms with Gasteiger partial charge < -0.3 is 10.5 Å². The van der Waals surface area contributed by atoms with Gasteiger partial charge in [-0.05, 0) is 91.4 Å². The average molecular weight is 546 g/mol. The molecule has 5 nitrogen and oxygen atoms in total. The van der Waals surface area contributed by atoms with Crippen molar-refractivity contribution in [3.05, 3.63) is 116 Å². The molecule has 0 radical (unpaired) electrons. The van der Waals surface area contributed by atoms with E-state index in [2.05, 4.69) is 6.07 Å². The number of hydrogen-bond donors (Lipinski definition) is 1. The number of nitriles is 1. The van der Waals surface area contributed by atoms with Gasteiger partial charge in [0.05, 0.1) is 22.6 Å². The number of halogens is 3. The number of allylic oxidation sites excluding steroid dienone is 3. The molecular formula is C31H26ClF2N3O2. The molecule has 0 spiro atoms. The van der Waals surface area contributed by atoms with Gasteiger partial charge in [-0.1, -0.05) is 23.7 Å². The smallest absolute Gasteiger partial charge is 0.161 e. The van der Waals surface area contributed by atoms with E-state index in [0.717, 1.165) is 28.0 Å². The highest BCUT2D eigenvalue weighted by atomic mass is 35.5. The molecule has 1 heterocycles. The Labute approximate surface area is 230 Å². The first kappa shape index (κ1) is 26.5. The monoisotopic (exact) mass is 545 g/mol. The molecular weight excluding hydrogens is 520 g/mol. The highest BCUT2D eigenvalue weighted by Crippen LogP contribution is 2.47. The SMILES string of the molecule is Cc1cc(C)c(C2C(C#N)=C(N)N(c3ccc(F)cc3)C3=C2C(=O)CCC3)cc1COc1ccc(F)cc1Cl. The Hall–Kier alpha value is -4.15. The number of ketones is 1. The fourth-order valence-electron chi connectivity index (χ4n) is 5.41. The van der Waals surface area contributed by atoms with Gasteiger partial charge in [-0.25, -0.2) is 8.78 Å². The third kappa shape index (κ3) is 4.88. The van der Waals surface area contributed by atoms with Crippen LogP contribution in [0.1, 0.15) is 47.4 Å². The van der Waals surface area contributed by atoms with E-state index in [1.807, 2.05) is 26.0 Å². The molecule has 0 amide bonds. The molecule has 2 N–H and O–H groups in total. The Morgan fingerprint density at radius 1 is 1.05 bits per heavy atom. The van der Waals surface area contributed by atoms with Crippen LogP contribution in [0, 0.1) is 36.8 Å². The highest BCUT2D eigenvalue weighted by Gasteiger charge is 2.41. The summed E-state index contributed by atoms with van der Waals surface area (Å²) in [5.41, 5.74) is 12.2. The van der Waals surface area contributed by atoms with Gasteiger partial charge in [0.1, 0.15) is 29.8 Å². The second kappa shape index (κ2) is 10.5. The minimum Gasteiger partial charge on any atom is -0.487 e. The van der Waals surface area contributed by atoms with Crippen molar-refractivity contribution in [3.63, 3.8) is 0 Å². The van der Waals surface area contributed by atoms with Gasteiger partial charge in [0, 0.05) is 23.4 Å². The summed E-state index contributed by atoms with van der Waals surface area (Å²) in [6, 6.07) is 16.0. The van der Waals surface area contributed by atoms with E-state index in [1.165, 1.54) is 30.3 Å². The number of ether oxygens (including phenoxy) is 1. The van der Waals surface area contributed by atoms with Crippen LogP contribution >= 0.6 is 11.6 Å². The van der Waals surface area contributed by atoms with Gasteiger partial charge in [-0.3, -0.25) is 9.69 Å². The molecule has 3 aromatic rings. The lowest BCUT2D eigenvalue weighted by molar-refractivity contribution is -0.116. The predicted octanol–water partition coefficient (Wildman–Crippen LogP) is 7.12. The molecule has 0 bridgehead atoms. The molecule has 8 heteroatoms. The molecule has 39 heavy (non-hydrogen) atoms. The first-order chi connectivity index (χ1) is 18.7. The number of Topliss-reactive ketones (excluding diaryl/α,β-unsaturated/α-hetero) is 1. The molecule has 1 atom stereocenters. The van der Waals surface area contributed by atoms with Crippen LogP contribution in [-0.2, 0) is 11.4 Å². The van der Waals surface area contributed by atoms with Gasteiger partial charge in [-0.15, -0.1) is 0 Å². The van der Waals surface area contributed by atoms with E-state index in [-0.39, 0.29) is 28.8 Å². The van der Waals surface area contributed by atoms with Crippen LogP contribution in [0.3, 0.4) is 0 Å². The number of rotatable bonds is 5. The average Bonchev–Trinajstić information content (AvgIpc) is 2.89. The van der Waals surface area contributed by atoms with Crippen LogP contribution in [-0.4, -0.2) is 5.78 Å². The second-order valence-corrected chi connectivity index (χ2v) is 10.2. The lowest BCUT2D eigenvalue weighted by Gasteiger charge is -2.40. The topological polar surface area (TPSA) is 79.4 Å². The first-order valence-electron chi connectivity index (χ1n) is 12.6. The van der Waals surface area contributed by atoms with Crippen LogP contribution in [0.15, 0.2) is 77.3 Å². The lowest BCUT2D eigenvalue weighted by atomic mass is 9.74. The van der Waals surface area contributed by atoms with Crippen LogP contribution in [0.2, 0.25) is 5.02 Å². The summed E-state index contributed by atoms with van der Waals surface area (Å²) >= 11 is 6.14. The number of nitrogens with zero attached hydrogens (tertiary/aromatic N) is 2. The number of hydrogen-bond acceptors (Lipinski definition) is 5. The van der Waals surface area contributed by atoms with E-state index < -0.39 is 17.6 Å². The van der Waals surface area contributed by atoms with Crippen molar-refractivity contribution in [2.45, 2.75) is 45.6 Å². The van der Waals surface area contributed by atoms with Crippen molar-refractivity contribution < 1.29 is 18.3 Å². The molecule has 1 unspecified atom stereocenters. The number of anilines is 1. The fraction of sp³-hybridized carbons (Fsp3) is 0.226. The summed E-state index contributed by atoms with van der Waals surface area (Å²) < 4.78 is 33.1. The standard InChI is InChI=1S/C31H26ClF2N3O2/c1-17-12-18(2)23(13-19(17)16-39-28-11-8-21(34)14-25(28)32)29-24(15-35)31(36)37(22-9-6-20(33)7-10-22)26-4-3-5-27(38)30(26)29/h6-14,29H,3-5,16,36H2,1-2H3. The van der Waals surface area contributed by atoms with Crippen molar-refractivity contribution in [1.82, 2.24) is 0 Å². The summed E-state index contributed by atoms with van der Waals surface area (Å²) in [7, 11) is 0. The zero-order valence-corrected chi connectivity index (χ0v) is 22.3. The van der Waals surface area contributed by atoms with Gasteiger partial charge in [-0.2, -0.15) is 5.26 Å². The Morgan fingerprint density at radius 2 is 1.77 bits per heavy atom. The summed E-state index contributed by atoms with van der Waals surface area (Å²) in [6.07, 6.45) is 1.62. The van der Waals surface area contributed by atoms with Crippen molar-refractivity contribution >= 4 is 23.1 Å². The van der Waals surface area contributed by atoms with Gasteiger partial charge in [0.25, 0.3) is 0 Å². The molecule has 198 valence electrons. The molecule has 3 aromatic carbocycles. The Kier molecular flexibility index (Phi) is 7.16. The number of benzene rings is 3. The Balaban J connectivity index is 1.61. The fourth-order valence-corrected chi connectivity index (χ4v) is 5.63. The molecule has 1 aliphatic carbocycles. The molecule has 2 aliphatic rings. The maximum atomic E-state index is 13.7. The number of carbonyl (C=O) groups excluding carboxylic acids is 1. The van der Waals surface area contributed by atoms with Crippen molar-refractivity contribution in [2.24, 2.45) is 5.73 Å². The number of carbonyl (C=O) groups is 1. The highest BCUT2D eigenvalue weighted by molar-refractivity contribution is 6.32. The van der Waals surface area contributed by atoms with E-state index in [9.17, 15) is 18.8 Å². The third-order valence-corrected chi connectivity index (χ3v) is 7.61. The normalized spacial score (nSPS) is 17.3. The van der Waals surface area contributed by atoms with Crippen molar-refractivity contribution in [1.29, 1.82) is 5.26 Å². The van der Waals surface area contributed by atoms with E-state index in [4.69, 9.17) is 22.1 Å². The number of nitrogens with two attached hydrogens (primary N) is 1. The molecule has 0 aromatic heterocycles. The van der Waals surface area contributed by atoms with Crippen LogP contribution in [0.4, 0.5) is 14.5 Å². The van der Waals surface area contributed by atoms with E-state index >= 15 is 0 Å². The first-order valence-corrected chi connectivity index (χ1v) is 13.0. The zero-order valence-electron chi connectivity index (χ0n) is 21.5. The summed E-state index contributed by atoms with van der Waals surface area (Å²) in [6.45, 7) is 4.04. The molecule has 0 fully saturated rings. The van der Waals surface area contributed by atoms with E-state index in [0.29, 0.717) is 36.3 Å². The van der Waals surface area contributed by atoms with Crippen molar-refractivity contribution in [2.75, 3.05) is 4.90 Å². The Bertz CT molecular complexity index is 1590. The maximum Gasteiger partial charge on any atom is 0.161 e. The summed E-state index contributed by atoms with van der Waals surface area (Å²) in [5, 5.41) is 10.5. The molecule has 5 rings (SSSR count). The number of aryl methyl sites for hydroxylation is 2. The lowest BCUT2D eigenvalue weighted by Crippen LogP contribution is -2.39. The molecule has 1 aliphatic heterocycles.